The number of amides is 1. The Hall–Kier alpha value is -3.08. The van der Waals surface area contributed by atoms with Crippen LogP contribution in [0.3, 0.4) is 0 Å². The van der Waals surface area contributed by atoms with E-state index in [0.717, 1.165) is 30.5 Å². The van der Waals surface area contributed by atoms with Gasteiger partial charge >= 0.3 is 0 Å². The Labute approximate surface area is 145 Å². The normalized spacial score (nSPS) is 16.2. The van der Waals surface area contributed by atoms with Crippen molar-refractivity contribution in [1.82, 2.24) is 15.1 Å². The van der Waals surface area contributed by atoms with Gasteiger partial charge in [-0.25, -0.2) is 4.68 Å². The number of aromatic hydroxyl groups is 1. The number of nitrogens with zero attached hydrogens (tertiary/aromatic N) is 2. The summed E-state index contributed by atoms with van der Waals surface area (Å²) < 4.78 is 1.51. The molecule has 5 heteroatoms. The summed E-state index contributed by atoms with van der Waals surface area (Å²) in [5.41, 5.74) is 3.27. The maximum Gasteiger partial charge on any atom is 0.276 e. The molecule has 0 spiro atoms. The number of hydrogen-bond acceptors (Lipinski definition) is 3. The highest BCUT2D eigenvalue weighted by Gasteiger charge is 2.24. The molecule has 1 aromatic heterocycles. The molecule has 1 amide bonds. The van der Waals surface area contributed by atoms with Crippen LogP contribution in [0, 0.1) is 0 Å². The molecule has 0 saturated carbocycles. The van der Waals surface area contributed by atoms with Crippen molar-refractivity contribution in [3.05, 3.63) is 77.6 Å². The lowest BCUT2D eigenvalue weighted by atomic mass is 9.87. The number of fused-ring (bicyclic) bond motifs is 1. The molecule has 126 valence electrons. The molecule has 5 nitrogen and oxygen atoms in total. The van der Waals surface area contributed by atoms with Gasteiger partial charge < -0.3 is 10.4 Å². The van der Waals surface area contributed by atoms with Gasteiger partial charge in [-0.2, -0.15) is 5.10 Å². The summed E-state index contributed by atoms with van der Waals surface area (Å²) in [6, 6.07) is 17.5. The molecule has 0 bridgehead atoms. The van der Waals surface area contributed by atoms with Gasteiger partial charge in [-0.15, -0.1) is 0 Å². The van der Waals surface area contributed by atoms with Crippen molar-refractivity contribution in [2.45, 2.75) is 25.3 Å². The summed E-state index contributed by atoms with van der Waals surface area (Å²) in [5.74, 6) is -0.473. The molecular weight excluding hydrogens is 314 g/mol. The monoisotopic (exact) mass is 333 g/mol. The van der Waals surface area contributed by atoms with E-state index in [0.29, 0.717) is 0 Å². The van der Waals surface area contributed by atoms with Gasteiger partial charge in [0, 0.05) is 0 Å². The summed E-state index contributed by atoms with van der Waals surface area (Å²) in [6.45, 7) is 0. The number of nitrogens with one attached hydrogen (secondary N) is 1. The van der Waals surface area contributed by atoms with E-state index in [1.54, 1.807) is 0 Å². The second-order valence-corrected chi connectivity index (χ2v) is 6.26. The minimum Gasteiger partial charge on any atom is -0.504 e. The van der Waals surface area contributed by atoms with Crippen molar-refractivity contribution in [3.8, 4) is 11.4 Å². The fourth-order valence-corrected chi connectivity index (χ4v) is 3.37. The number of hydrogen-bond donors (Lipinski definition) is 2. The Kier molecular flexibility index (Phi) is 3.98. The fourth-order valence-electron chi connectivity index (χ4n) is 3.37. The molecule has 0 saturated heterocycles. The fraction of sp³-hybridized carbons (Fsp3) is 0.200. The molecule has 0 aliphatic heterocycles. The third kappa shape index (κ3) is 3.01. The van der Waals surface area contributed by atoms with Crippen LogP contribution in [0.15, 0.2) is 60.8 Å². The van der Waals surface area contributed by atoms with E-state index in [1.807, 2.05) is 42.5 Å². The van der Waals surface area contributed by atoms with E-state index in [4.69, 9.17) is 0 Å². The molecule has 2 N–H and O–H groups in total. The minimum atomic E-state index is -0.353. The molecule has 1 atom stereocenters. The lowest BCUT2D eigenvalue weighted by molar-refractivity contribution is 0.0924. The Morgan fingerprint density at radius 1 is 1.12 bits per heavy atom. The first kappa shape index (κ1) is 15.4. The number of carbonyl (C=O) groups is 1. The molecular formula is C20H19N3O2. The molecule has 4 rings (SSSR count). The van der Waals surface area contributed by atoms with E-state index >= 15 is 0 Å². The maximum atomic E-state index is 12.6. The van der Waals surface area contributed by atoms with E-state index in [9.17, 15) is 9.90 Å². The van der Waals surface area contributed by atoms with Crippen LogP contribution in [0.5, 0.6) is 5.75 Å². The van der Waals surface area contributed by atoms with Crippen LogP contribution >= 0.6 is 0 Å². The molecule has 25 heavy (non-hydrogen) atoms. The molecule has 1 aliphatic carbocycles. The van der Waals surface area contributed by atoms with Gasteiger partial charge in [0.1, 0.15) is 0 Å². The maximum absolute atomic E-state index is 12.6. The van der Waals surface area contributed by atoms with Gasteiger partial charge in [-0.1, -0.05) is 42.5 Å². The summed E-state index contributed by atoms with van der Waals surface area (Å²) in [5, 5.41) is 17.4. The van der Waals surface area contributed by atoms with E-state index in [-0.39, 0.29) is 23.4 Å². The van der Waals surface area contributed by atoms with Crippen molar-refractivity contribution >= 4 is 5.91 Å². The standard InChI is InChI=1S/C20H19N3O2/c24-18-13-23(15-9-2-1-3-10-15)22-19(18)20(25)21-17-12-6-8-14-7-4-5-11-16(14)17/h1-5,7,9-11,13,17,24H,6,8,12H2,(H,21,25)/t17-/m0/s1. The van der Waals surface area contributed by atoms with Gasteiger partial charge in [0.15, 0.2) is 11.4 Å². The second kappa shape index (κ2) is 6.43. The largest absolute Gasteiger partial charge is 0.504 e. The first-order valence-electron chi connectivity index (χ1n) is 8.45. The van der Waals surface area contributed by atoms with Crippen molar-refractivity contribution in [2.24, 2.45) is 0 Å². The zero-order valence-electron chi connectivity index (χ0n) is 13.7. The third-order valence-electron chi connectivity index (χ3n) is 4.61. The van der Waals surface area contributed by atoms with Gasteiger partial charge in [-0.05, 0) is 42.5 Å². The first-order valence-corrected chi connectivity index (χ1v) is 8.45. The zero-order chi connectivity index (χ0) is 17.2. The van der Waals surface area contributed by atoms with Crippen LogP contribution in [0.1, 0.15) is 40.5 Å². The van der Waals surface area contributed by atoms with Crippen LogP contribution in [0.4, 0.5) is 0 Å². The Bertz CT molecular complexity index is 902. The van der Waals surface area contributed by atoms with Crippen LogP contribution in [-0.2, 0) is 6.42 Å². The van der Waals surface area contributed by atoms with E-state index < -0.39 is 0 Å². The van der Waals surface area contributed by atoms with Crippen molar-refractivity contribution < 1.29 is 9.90 Å². The van der Waals surface area contributed by atoms with Crippen LogP contribution in [-0.4, -0.2) is 20.8 Å². The van der Waals surface area contributed by atoms with E-state index in [1.165, 1.54) is 16.4 Å². The Balaban J connectivity index is 1.58. The molecule has 0 unspecified atom stereocenters. The quantitative estimate of drug-likeness (QED) is 0.772. The lowest BCUT2D eigenvalue weighted by Crippen LogP contribution is -2.31. The highest BCUT2D eigenvalue weighted by molar-refractivity contribution is 5.95. The molecule has 0 radical (unpaired) electrons. The Morgan fingerprint density at radius 2 is 1.88 bits per heavy atom. The number of carbonyl (C=O) groups excluding carboxylic acids is 1. The molecule has 1 aliphatic rings. The number of rotatable bonds is 3. The molecule has 3 aromatic rings. The summed E-state index contributed by atoms with van der Waals surface area (Å²) >= 11 is 0. The molecule has 0 fully saturated rings. The van der Waals surface area contributed by atoms with Crippen molar-refractivity contribution in [3.63, 3.8) is 0 Å². The van der Waals surface area contributed by atoms with E-state index in [2.05, 4.69) is 22.5 Å². The first-order chi connectivity index (χ1) is 12.2. The second-order valence-electron chi connectivity index (χ2n) is 6.26. The number of benzene rings is 2. The van der Waals surface area contributed by atoms with Crippen molar-refractivity contribution in [1.29, 1.82) is 0 Å². The zero-order valence-corrected chi connectivity index (χ0v) is 13.7. The smallest absolute Gasteiger partial charge is 0.276 e. The summed E-state index contributed by atoms with van der Waals surface area (Å²) in [4.78, 5) is 12.6. The SMILES string of the molecule is O=C(N[C@H]1CCCc2ccccc21)c1nn(-c2ccccc2)cc1O. The van der Waals surface area contributed by atoms with Gasteiger partial charge in [0.05, 0.1) is 17.9 Å². The predicted octanol–water partition coefficient (Wildman–Crippen LogP) is 3.39. The minimum absolute atomic E-state index is 0.0428. The average molecular weight is 333 g/mol. The third-order valence-corrected chi connectivity index (χ3v) is 4.61. The number of para-hydroxylation sites is 1. The predicted molar refractivity (Wildman–Crippen MR) is 94.8 cm³/mol. The van der Waals surface area contributed by atoms with Crippen LogP contribution in [0.25, 0.3) is 5.69 Å². The van der Waals surface area contributed by atoms with Crippen LogP contribution in [0.2, 0.25) is 0 Å². The van der Waals surface area contributed by atoms with Gasteiger partial charge in [0.25, 0.3) is 5.91 Å². The Morgan fingerprint density at radius 3 is 2.72 bits per heavy atom. The molecule has 1 heterocycles. The topological polar surface area (TPSA) is 67.2 Å². The lowest BCUT2D eigenvalue weighted by Gasteiger charge is -2.26. The molecule has 2 aromatic carbocycles. The highest BCUT2D eigenvalue weighted by Crippen LogP contribution is 2.30. The average Bonchev–Trinajstić information content (AvgIpc) is 3.05. The highest BCUT2D eigenvalue weighted by atomic mass is 16.3. The van der Waals surface area contributed by atoms with Crippen molar-refractivity contribution in [2.75, 3.05) is 0 Å². The van der Waals surface area contributed by atoms with Crippen LogP contribution < -0.4 is 5.32 Å². The summed E-state index contributed by atoms with van der Waals surface area (Å²) in [7, 11) is 0. The summed E-state index contributed by atoms with van der Waals surface area (Å²) in [6.07, 6.45) is 4.42. The van der Waals surface area contributed by atoms with Gasteiger partial charge in [0.2, 0.25) is 0 Å². The van der Waals surface area contributed by atoms with Gasteiger partial charge in [-0.3, -0.25) is 4.79 Å². The number of aryl methyl sites for hydroxylation is 1. The number of aromatic nitrogens is 2.